The molecule has 2 aromatic carbocycles. The zero-order valence-corrected chi connectivity index (χ0v) is 14.3. The van der Waals surface area contributed by atoms with Crippen molar-refractivity contribution in [2.24, 2.45) is 0 Å². The first-order valence-electron chi connectivity index (χ1n) is 8.52. The fraction of sp³-hybridized carbons (Fsp3) is 0.143. The van der Waals surface area contributed by atoms with Crippen LogP contribution in [-0.2, 0) is 0 Å². The Morgan fingerprint density at radius 3 is 1.59 bits per heavy atom. The minimum atomic E-state index is -0.456. The minimum absolute atomic E-state index is 0.354. The van der Waals surface area contributed by atoms with Crippen molar-refractivity contribution >= 4 is 21.9 Å². The molecule has 0 aliphatic carbocycles. The molecule has 2 aromatic heterocycles. The van der Waals surface area contributed by atoms with E-state index < -0.39 is 11.3 Å². The van der Waals surface area contributed by atoms with Crippen molar-refractivity contribution in [3.8, 4) is 11.5 Å². The van der Waals surface area contributed by atoms with E-state index in [9.17, 15) is 9.59 Å². The van der Waals surface area contributed by atoms with E-state index >= 15 is 0 Å². The normalized spacial score (nSPS) is 11.0. The number of rotatable bonds is 6. The third-order valence-corrected chi connectivity index (χ3v) is 4.03. The SMILES string of the molecule is O=c1cc(OCCCOc2cc(=O)oc3ccccc23)c2ccccc2o1. The summed E-state index contributed by atoms with van der Waals surface area (Å²) in [4.78, 5) is 23.2. The molecule has 0 unspecified atom stereocenters. The molecule has 136 valence electrons. The molecule has 0 spiro atoms. The van der Waals surface area contributed by atoms with Gasteiger partial charge in [0.1, 0.15) is 22.7 Å². The van der Waals surface area contributed by atoms with Gasteiger partial charge < -0.3 is 18.3 Å². The van der Waals surface area contributed by atoms with Gasteiger partial charge >= 0.3 is 11.3 Å². The summed E-state index contributed by atoms with van der Waals surface area (Å²) in [7, 11) is 0. The summed E-state index contributed by atoms with van der Waals surface area (Å²) in [5.41, 5.74) is 0.0577. The molecular formula is C21H16O6. The molecule has 6 heteroatoms. The summed E-state index contributed by atoms with van der Waals surface area (Å²) in [6.07, 6.45) is 0.573. The second kappa shape index (κ2) is 7.37. The molecule has 4 aromatic rings. The van der Waals surface area contributed by atoms with Gasteiger partial charge in [-0.05, 0) is 24.3 Å². The summed E-state index contributed by atoms with van der Waals surface area (Å²) in [6.45, 7) is 0.708. The Balaban J connectivity index is 1.41. The molecule has 0 aliphatic rings. The monoisotopic (exact) mass is 364 g/mol. The lowest BCUT2D eigenvalue weighted by atomic mass is 10.2. The van der Waals surface area contributed by atoms with Crippen molar-refractivity contribution in [3.05, 3.63) is 81.5 Å². The molecule has 0 N–H and O–H groups in total. The van der Waals surface area contributed by atoms with Crippen LogP contribution in [0.25, 0.3) is 21.9 Å². The summed E-state index contributed by atoms with van der Waals surface area (Å²) < 4.78 is 21.7. The molecule has 0 fully saturated rings. The maximum absolute atomic E-state index is 11.6. The highest BCUT2D eigenvalue weighted by atomic mass is 16.5. The Hall–Kier alpha value is -3.54. The number of ether oxygens (including phenoxy) is 2. The molecule has 0 atom stereocenters. The predicted octanol–water partition coefficient (Wildman–Crippen LogP) is 3.75. The van der Waals surface area contributed by atoms with E-state index in [-0.39, 0.29) is 0 Å². The van der Waals surface area contributed by atoms with Gasteiger partial charge in [0.15, 0.2) is 0 Å². The first-order valence-corrected chi connectivity index (χ1v) is 8.52. The van der Waals surface area contributed by atoms with E-state index in [2.05, 4.69) is 0 Å². The third-order valence-electron chi connectivity index (χ3n) is 4.03. The Morgan fingerprint density at radius 1 is 0.667 bits per heavy atom. The topological polar surface area (TPSA) is 78.9 Å². The summed E-state index contributed by atoms with van der Waals surface area (Å²) in [5.74, 6) is 0.959. The van der Waals surface area contributed by atoms with Gasteiger partial charge in [-0.3, -0.25) is 0 Å². The number of hydrogen-bond donors (Lipinski definition) is 0. The molecule has 0 amide bonds. The highest BCUT2D eigenvalue weighted by Gasteiger charge is 2.08. The van der Waals surface area contributed by atoms with Crippen LogP contribution in [0.4, 0.5) is 0 Å². The van der Waals surface area contributed by atoms with Crippen molar-refractivity contribution < 1.29 is 18.3 Å². The molecular weight excluding hydrogens is 348 g/mol. The van der Waals surface area contributed by atoms with Gasteiger partial charge in [-0.15, -0.1) is 0 Å². The number of para-hydroxylation sites is 2. The van der Waals surface area contributed by atoms with Crippen LogP contribution in [0.15, 0.2) is 79.1 Å². The van der Waals surface area contributed by atoms with Crippen molar-refractivity contribution in [2.75, 3.05) is 13.2 Å². The van der Waals surface area contributed by atoms with Gasteiger partial charge in [-0.1, -0.05) is 24.3 Å². The quantitative estimate of drug-likeness (QED) is 0.383. The van der Waals surface area contributed by atoms with E-state index in [1.165, 1.54) is 12.1 Å². The maximum atomic E-state index is 11.6. The van der Waals surface area contributed by atoms with Crippen LogP contribution in [0.3, 0.4) is 0 Å². The lowest BCUT2D eigenvalue weighted by Gasteiger charge is -2.10. The average Bonchev–Trinajstić information content (AvgIpc) is 2.67. The predicted molar refractivity (Wildman–Crippen MR) is 101 cm³/mol. The number of fused-ring (bicyclic) bond motifs is 2. The van der Waals surface area contributed by atoms with Crippen molar-refractivity contribution in [2.45, 2.75) is 6.42 Å². The molecule has 6 nitrogen and oxygen atoms in total. The van der Waals surface area contributed by atoms with Crippen molar-refractivity contribution in [1.82, 2.24) is 0 Å². The zero-order chi connectivity index (χ0) is 18.6. The Morgan fingerprint density at radius 2 is 1.11 bits per heavy atom. The van der Waals surface area contributed by atoms with Crippen LogP contribution in [-0.4, -0.2) is 13.2 Å². The van der Waals surface area contributed by atoms with E-state index in [0.29, 0.717) is 42.3 Å². The Kier molecular flexibility index (Phi) is 4.61. The molecule has 0 saturated carbocycles. The Labute approximate surface area is 153 Å². The van der Waals surface area contributed by atoms with Gasteiger partial charge in [0.25, 0.3) is 0 Å². The van der Waals surface area contributed by atoms with Crippen LogP contribution in [0.1, 0.15) is 6.42 Å². The molecule has 0 bridgehead atoms. The average molecular weight is 364 g/mol. The van der Waals surface area contributed by atoms with Crippen LogP contribution in [0.5, 0.6) is 11.5 Å². The highest BCUT2D eigenvalue weighted by Crippen LogP contribution is 2.24. The van der Waals surface area contributed by atoms with Gasteiger partial charge in [-0.2, -0.15) is 0 Å². The van der Waals surface area contributed by atoms with E-state index in [0.717, 1.165) is 10.8 Å². The fourth-order valence-electron chi connectivity index (χ4n) is 2.83. The highest BCUT2D eigenvalue weighted by molar-refractivity contribution is 5.83. The van der Waals surface area contributed by atoms with Crippen LogP contribution < -0.4 is 20.7 Å². The standard InChI is InChI=1S/C21H16O6/c22-20-12-18(14-6-1-3-8-16(14)26-20)24-10-5-11-25-19-13-21(23)27-17-9-4-2-7-15(17)19/h1-4,6-9,12-13H,5,10-11H2. The molecule has 27 heavy (non-hydrogen) atoms. The summed E-state index contributed by atoms with van der Waals surface area (Å²) in [6, 6.07) is 17.1. The zero-order valence-electron chi connectivity index (χ0n) is 14.3. The van der Waals surface area contributed by atoms with Gasteiger partial charge in [0.2, 0.25) is 0 Å². The lowest BCUT2D eigenvalue weighted by molar-refractivity contribution is 0.249. The maximum Gasteiger partial charge on any atom is 0.339 e. The molecule has 0 saturated heterocycles. The van der Waals surface area contributed by atoms with Gasteiger partial charge in [-0.25, -0.2) is 9.59 Å². The van der Waals surface area contributed by atoms with Gasteiger partial charge in [0.05, 0.1) is 36.1 Å². The molecule has 0 radical (unpaired) electrons. The fourth-order valence-corrected chi connectivity index (χ4v) is 2.83. The van der Waals surface area contributed by atoms with E-state index in [4.69, 9.17) is 18.3 Å². The number of benzene rings is 2. The third kappa shape index (κ3) is 3.69. The molecule has 4 rings (SSSR count). The Bertz CT molecular complexity index is 1110. The van der Waals surface area contributed by atoms with Crippen LogP contribution >= 0.6 is 0 Å². The van der Waals surface area contributed by atoms with E-state index in [1.807, 2.05) is 24.3 Å². The number of hydrogen-bond acceptors (Lipinski definition) is 6. The lowest BCUT2D eigenvalue weighted by Crippen LogP contribution is -2.08. The van der Waals surface area contributed by atoms with Crippen molar-refractivity contribution in [1.29, 1.82) is 0 Å². The molecule has 2 heterocycles. The summed E-state index contributed by atoms with van der Waals surface area (Å²) >= 11 is 0. The van der Waals surface area contributed by atoms with Crippen molar-refractivity contribution in [3.63, 3.8) is 0 Å². The minimum Gasteiger partial charge on any atom is -0.492 e. The van der Waals surface area contributed by atoms with Crippen LogP contribution in [0.2, 0.25) is 0 Å². The summed E-state index contributed by atoms with van der Waals surface area (Å²) in [5, 5.41) is 1.48. The smallest absolute Gasteiger partial charge is 0.339 e. The molecule has 0 aliphatic heterocycles. The first kappa shape index (κ1) is 16.9. The van der Waals surface area contributed by atoms with Crippen LogP contribution in [0, 0.1) is 0 Å². The second-order valence-electron chi connectivity index (χ2n) is 5.90. The van der Waals surface area contributed by atoms with E-state index in [1.54, 1.807) is 24.3 Å². The van der Waals surface area contributed by atoms with Gasteiger partial charge in [0, 0.05) is 6.42 Å². The first-order chi connectivity index (χ1) is 13.2. The second-order valence-corrected chi connectivity index (χ2v) is 5.90. The largest absolute Gasteiger partial charge is 0.492 e.